The van der Waals surface area contributed by atoms with Gasteiger partial charge in [-0.2, -0.15) is 15.8 Å². The first-order valence-corrected chi connectivity index (χ1v) is 15.8. The SMILES string of the molecule is CC#N.CC#N.CC#N.[F][Sb-]([F])([F])([F])([F])[F].[F][Sb-]([F])([F])([F])([F])[F].[H+].[H+]. The van der Waals surface area contributed by atoms with Crippen molar-refractivity contribution in [2.75, 3.05) is 0 Å². The van der Waals surface area contributed by atoms with Gasteiger partial charge in [0.2, 0.25) is 0 Å². The molecule has 0 heterocycles. The van der Waals surface area contributed by atoms with Crippen molar-refractivity contribution in [3.63, 3.8) is 0 Å². The number of nitrogens with zero attached hydrogens (tertiary/aromatic N) is 3. The Kier molecular flexibility index (Phi) is 12.3. The van der Waals surface area contributed by atoms with E-state index < -0.39 is 39.0 Å². The number of halogens is 12. The first-order chi connectivity index (χ1) is 9.14. The molecule has 0 unspecified atom stereocenters. The molecule has 0 saturated carbocycles. The fourth-order valence-corrected chi connectivity index (χ4v) is 0. The minimum atomic E-state index is -11.2. The summed E-state index contributed by atoms with van der Waals surface area (Å²) in [6, 6.07) is 5.25. The zero-order valence-corrected chi connectivity index (χ0v) is 16.4. The second-order valence-electron chi connectivity index (χ2n) is 2.59. The number of rotatable bonds is 0. The first kappa shape index (κ1) is 33.8. The summed E-state index contributed by atoms with van der Waals surface area (Å²) in [7, 11) is 0. The summed E-state index contributed by atoms with van der Waals surface area (Å²) in [4.78, 5) is 0. The third-order valence-corrected chi connectivity index (χ3v) is 0. The zero-order valence-electron chi connectivity index (χ0n) is 13.3. The van der Waals surface area contributed by atoms with Gasteiger partial charge >= 0.3 is 75.6 Å². The van der Waals surface area contributed by atoms with E-state index in [0.29, 0.717) is 0 Å². The molecule has 0 amide bonds. The van der Waals surface area contributed by atoms with E-state index in [0.717, 1.165) is 0 Å². The topological polar surface area (TPSA) is 71.4 Å². The number of hydrogen-bond acceptors (Lipinski definition) is 3. The largest absolute Gasteiger partial charge is 1.00 e. The first-order valence-electron chi connectivity index (χ1n) is 4.20. The summed E-state index contributed by atoms with van der Waals surface area (Å²) in [6.07, 6.45) is 0. The Hall–Kier alpha value is -0.734. The molecule has 0 spiro atoms. The van der Waals surface area contributed by atoms with Crippen LogP contribution in [0.4, 0.5) is 33.8 Å². The van der Waals surface area contributed by atoms with Gasteiger partial charge < -0.3 is 0 Å². The van der Waals surface area contributed by atoms with Crippen LogP contribution in [-0.4, -0.2) is 39.0 Å². The van der Waals surface area contributed by atoms with Crippen molar-refractivity contribution in [1.29, 1.82) is 15.8 Å². The van der Waals surface area contributed by atoms with Crippen molar-refractivity contribution in [2.45, 2.75) is 20.8 Å². The van der Waals surface area contributed by atoms with E-state index >= 15 is 0 Å². The molecule has 17 heteroatoms. The molecular weight excluding hydrogens is 586 g/mol. The van der Waals surface area contributed by atoms with Gasteiger partial charge in [0.1, 0.15) is 0 Å². The van der Waals surface area contributed by atoms with E-state index in [1.165, 1.54) is 20.8 Å². The Morgan fingerprint density at radius 3 is 0.478 bits per heavy atom. The summed E-state index contributed by atoms with van der Waals surface area (Å²) in [5, 5.41) is 22.0. The molecule has 0 radical (unpaired) electrons. The van der Waals surface area contributed by atoms with Crippen LogP contribution in [0.25, 0.3) is 0 Å². The van der Waals surface area contributed by atoms with Gasteiger partial charge in [0, 0.05) is 20.8 Å². The Morgan fingerprint density at radius 2 is 0.478 bits per heavy atom. The van der Waals surface area contributed by atoms with Gasteiger partial charge in [0.05, 0.1) is 18.2 Å². The standard InChI is InChI=1S/3C2H3N.12FH.2Sb/c3*1-2-3;;;;;;;;;;;;;;/h3*1H3;12*1H;;/q;;;;;;;;;;;;;;;2*+5/p-10. The van der Waals surface area contributed by atoms with Gasteiger partial charge in [0.25, 0.3) is 0 Å². The third kappa shape index (κ3) is 14700. The van der Waals surface area contributed by atoms with E-state index in [4.69, 9.17) is 15.8 Å². The van der Waals surface area contributed by atoms with Crippen LogP contribution in [0.15, 0.2) is 0 Å². The molecular formula is C6H11F12N3Sb2. The zero-order chi connectivity index (χ0) is 20.9. The van der Waals surface area contributed by atoms with Crippen LogP contribution in [0.5, 0.6) is 0 Å². The van der Waals surface area contributed by atoms with E-state index in [1.54, 1.807) is 18.2 Å². The second kappa shape index (κ2) is 8.39. The fraction of sp³-hybridized carbons (Fsp3) is 0.500. The van der Waals surface area contributed by atoms with Gasteiger partial charge in [-0.05, 0) is 0 Å². The molecule has 0 fully saturated rings. The van der Waals surface area contributed by atoms with Crippen LogP contribution in [0.2, 0.25) is 0 Å². The summed E-state index contributed by atoms with van der Waals surface area (Å²) < 4.78 is 119. The maximum Gasteiger partial charge on any atom is 1.00 e. The van der Waals surface area contributed by atoms with Gasteiger partial charge in [-0.25, -0.2) is 0 Å². The molecule has 0 aromatic rings. The molecule has 0 aromatic carbocycles. The van der Waals surface area contributed by atoms with Crippen LogP contribution in [0.1, 0.15) is 23.6 Å². The van der Waals surface area contributed by atoms with Crippen molar-refractivity contribution in [3.05, 3.63) is 0 Å². The third-order valence-electron chi connectivity index (χ3n) is 0. The molecule has 3 nitrogen and oxygen atoms in total. The molecule has 0 saturated heterocycles. The fourth-order valence-electron chi connectivity index (χ4n) is 0. The molecule has 0 aliphatic carbocycles. The molecule has 0 rings (SSSR count). The molecule has 0 aliphatic rings. The number of hydrogen-bond donors (Lipinski definition) is 0. The van der Waals surface area contributed by atoms with Crippen molar-refractivity contribution >= 4 is 39.0 Å². The van der Waals surface area contributed by atoms with Crippen molar-refractivity contribution in [1.82, 2.24) is 0 Å². The van der Waals surface area contributed by atoms with Crippen LogP contribution >= 0.6 is 0 Å². The quantitative estimate of drug-likeness (QED) is 0.251. The Morgan fingerprint density at radius 1 is 0.478 bits per heavy atom. The molecule has 0 N–H and O–H groups in total. The summed E-state index contributed by atoms with van der Waals surface area (Å²) in [5.74, 6) is 0. The van der Waals surface area contributed by atoms with Gasteiger partial charge in [0.15, 0.2) is 0 Å². The molecule has 144 valence electrons. The Balaban J connectivity index is -0.0000000338. The van der Waals surface area contributed by atoms with E-state index in [-0.39, 0.29) is 2.85 Å². The number of nitriles is 3. The van der Waals surface area contributed by atoms with Gasteiger partial charge in [-0.15, -0.1) is 0 Å². The average molecular weight is 597 g/mol. The molecule has 0 aromatic heterocycles. The van der Waals surface area contributed by atoms with Crippen molar-refractivity contribution < 1.29 is 36.6 Å². The van der Waals surface area contributed by atoms with Gasteiger partial charge in [-0.3, -0.25) is 0 Å². The van der Waals surface area contributed by atoms with Crippen molar-refractivity contribution in [2.24, 2.45) is 0 Å². The van der Waals surface area contributed by atoms with E-state index in [9.17, 15) is 33.8 Å². The van der Waals surface area contributed by atoms with Gasteiger partial charge in [-0.1, -0.05) is 0 Å². The Labute approximate surface area is 130 Å². The van der Waals surface area contributed by atoms with E-state index in [1.807, 2.05) is 0 Å². The summed E-state index contributed by atoms with van der Waals surface area (Å²) in [6.45, 7) is 4.29. The monoisotopic (exact) mass is 595 g/mol. The minimum absolute atomic E-state index is 0. The van der Waals surface area contributed by atoms with Crippen LogP contribution in [-0.2, 0) is 0 Å². The van der Waals surface area contributed by atoms with Crippen LogP contribution in [0.3, 0.4) is 0 Å². The smallest absolute Gasteiger partial charge is 1.00 e. The van der Waals surface area contributed by atoms with Crippen molar-refractivity contribution in [3.8, 4) is 18.2 Å². The minimum Gasteiger partial charge on any atom is 1.00 e. The summed E-state index contributed by atoms with van der Waals surface area (Å²) in [5.41, 5.74) is 0. The summed E-state index contributed by atoms with van der Waals surface area (Å²) >= 11 is -22.5. The molecule has 23 heavy (non-hydrogen) atoms. The molecule has 0 bridgehead atoms. The van der Waals surface area contributed by atoms with E-state index in [2.05, 4.69) is 0 Å². The maximum atomic E-state index is 9.93. The Bertz CT molecular complexity index is 381. The molecule has 0 aliphatic heterocycles. The predicted octanol–water partition coefficient (Wildman–Crippen LogP) is 6.10. The molecule has 0 atom stereocenters. The normalized spacial score (nSPS) is 15.1. The predicted molar refractivity (Wildman–Crippen MR) is 60.9 cm³/mol. The van der Waals surface area contributed by atoms with Crippen LogP contribution in [0, 0.1) is 34.0 Å². The second-order valence-corrected chi connectivity index (χ2v) is 13.5. The average Bonchev–Trinajstić information content (AvgIpc) is 1.93. The van der Waals surface area contributed by atoms with Crippen LogP contribution < -0.4 is 0 Å². The maximum absolute atomic E-state index is 11.2.